The lowest BCUT2D eigenvalue weighted by Gasteiger charge is -2.06. The summed E-state index contributed by atoms with van der Waals surface area (Å²) in [5.41, 5.74) is 1.75. The van der Waals surface area contributed by atoms with Crippen molar-refractivity contribution in [1.82, 2.24) is 14.6 Å². The number of aryl methyl sites for hydroxylation is 1. The van der Waals surface area contributed by atoms with Crippen LogP contribution in [-0.4, -0.2) is 25.4 Å². The molecule has 116 valence electrons. The highest BCUT2D eigenvalue weighted by Crippen LogP contribution is 2.24. The normalized spacial score (nSPS) is 10.7. The van der Waals surface area contributed by atoms with Crippen LogP contribution in [0.15, 0.2) is 41.1 Å². The van der Waals surface area contributed by atoms with Gasteiger partial charge < -0.3 is 5.32 Å². The third-order valence-electron chi connectivity index (χ3n) is 3.22. The van der Waals surface area contributed by atoms with Gasteiger partial charge >= 0.3 is 0 Å². The van der Waals surface area contributed by atoms with Gasteiger partial charge in [0.25, 0.3) is 11.6 Å². The molecule has 2 heterocycles. The summed E-state index contributed by atoms with van der Waals surface area (Å²) in [6.07, 6.45) is 3.28. The topological polar surface area (TPSA) is 102 Å². The van der Waals surface area contributed by atoms with Crippen LogP contribution in [0.25, 0.3) is 5.65 Å². The first-order valence-electron chi connectivity index (χ1n) is 6.52. The standard InChI is InChI=1S/C14H10BrN5O3/c1-8-7-9(20(22)23)3-4-10(8)17-14(21)12-11(15)13-16-5-2-6-19(13)18-12/h2-7H,1H3,(H,17,21). The molecule has 0 saturated carbocycles. The van der Waals surface area contributed by atoms with E-state index >= 15 is 0 Å². The van der Waals surface area contributed by atoms with Crippen LogP contribution < -0.4 is 5.32 Å². The monoisotopic (exact) mass is 375 g/mol. The molecule has 1 amide bonds. The number of hydrogen-bond donors (Lipinski definition) is 1. The summed E-state index contributed by atoms with van der Waals surface area (Å²) in [5.74, 6) is -0.431. The Hall–Kier alpha value is -2.81. The summed E-state index contributed by atoms with van der Waals surface area (Å²) in [4.78, 5) is 26.8. The minimum Gasteiger partial charge on any atom is -0.320 e. The van der Waals surface area contributed by atoms with E-state index in [0.717, 1.165) is 0 Å². The van der Waals surface area contributed by atoms with E-state index in [2.05, 4.69) is 31.3 Å². The van der Waals surface area contributed by atoms with Crippen molar-refractivity contribution < 1.29 is 9.72 Å². The Labute approximate surface area is 138 Å². The smallest absolute Gasteiger partial charge is 0.277 e. The maximum absolute atomic E-state index is 12.4. The summed E-state index contributed by atoms with van der Waals surface area (Å²) < 4.78 is 1.97. The molecule has 0 radical (unpaired) electrons. The number of halogens is 1. The molecule has 2 aromatic heterocycles. The van der Waals surface area contributed by atoms with Gasteiger partial charge in [0.05, 0.1) is 9.40 Å². The number of amides is 1. The van der Waals surface area contributed by atoms with Crippen molar-refractivity contribution in [2.24, 2.45) is 0 Å². The highest BCUT2D eigenvalue weighted by molar-refractivity contribution is 9.10. The number of nitrogens with one attached hydrogen (secondary N) is 1. The number of anilines is 1. The van der Waals surface area contributed by atoms with Crippen molar-refractivity contribution >= 4 is 38.9 Å². The van der Waals surface area contributed by atoms with Crippen molar-refractivity contribution in [1.29, 1.82) is 0 Å². The summed E-state index contributed by atoms with van der Waals surface area (Å²) in [7, 11) is 0. The molecule has 3 rings (SSSR count). The molecular formula is C14H10BrN5O3. The zero-order chi connectivity index (χ0) is 16.6. The van der Waals surface area contributed by atoms with E-state index in [4.69, 9.17) is 0 Å². The Kier molecular flexibility index (Phi) is 3.78. The SMILES string of the molecule is Cc1cc([N+](=O)[O-])ccc1NC(=O)c1nn2cccnc2c1Br. The summed E-state index contributed by atoms with van der Waals surface area (Å²) in [6.45, 7) is 1.68. The van der Waals surface area contributed by atoms with Crippen LogP contribution >= 0.6 is 15.9 Å². The highest BCUT2D eigenvalue weighted by Gasteiger charge is 2.19. The van der Waals surface area contributed by atoms with Crippen LogP contribution in [0, 0.1) is 17.0 Å². The Morgan fingerprint density at radius 1 is 1.43 bits per heavy atom. The molecule has 0 aliphatic heterocycles. The van der Waals surface area contributed by atoms with E-state index in [1.165, 1.54) is 22.7 Å². The molecule has 0 aliphatic rings. The molecule has 0 fully saturated rings. The minimum absolute atomic E-state index is 0.0291. The van der Waals surface area contributed by atoms with Crippen molar-refractivity contribution in [2.45, 2.75) is 6.92 Å². The molecule has 0 saturated heterocycles. The van der Waals surface area contributed by atoms with Crippen molar-refractivity contribution in [3.63, 3.8) is 0 Å². The molecule has 1 aromatic carbocycles. The number of rotatable bonds is 3. The lowest BCUT2D eigenvalue weighted by atomic mass is 10.1. The largest absolute Gasteiger partial charge is 0.320 e. The van der Waals surface area contributed by atoms with E-state index in [9.17, 15) is 14.9 Å². The molecule has 0 aliphatic carbocycles. The third kappa shape index (κ3) is 2.78. The number of nitro benzene ring substituents is 1. The second-order valence-corrected chi connectivity index (χ2v) is 5.55. The zero-order valence-corrected chi connectivity index (χ0v) is 13.4. The Morgan fingerprint density at radius 3 is 2.87 bits per heavy atom. The molecule has 0 bridgehead atoms. The number of fused-ring (bicyclic) bond motifs is 1. The lowest BCUT2D eigenvalue weighted by Crippen LogP contribution is -2.14. The van der Waals surface area contributed by atoms with Crippen LogP contribution in [0.2, 0.25) is 0 Å². The van der Waals surface area contributed by atoms with Gasteiger partial charge in [0.2, 0.25) is 0 Å². The number of carbonyl (C=O) groups excluding carboxylic acids is 1. The second kappa shape index (κ2) is 5.76. The molecule has 0 atom stereocenters. The lowest BCUT2D eigenvalue weighted by molar-refractivity contribution is -0.384. The van der Waals surface area contributed by atoms with Gasteiger partial charge in [0.1, 0.15) is 0 Å². The fourth-order valence-electron chi connectivity index (χ4n) is 2.09. The molecule has 9 heteroatoms. The summed E-state index contributed by atoms with van der Waals surface area (Å²) >= 11 is 3.32. The van der Waals surface area contributed by atoms with Crippen LogP contribution in [-0.2, 0) is 0 Å². The maximum atomic E-state index is 12.4. The average Bonchev–Trinajstić information content (AvgIpc) is 2.87. The Balaban J connectivity index is 1.92. The number of aromatic nitrogens is 3. The Bertz CT molecular complexity index is 937. The van der Waals surface area contributed by atoms with Gasteiger partial charge in [-0.05, 0) is 40.5 Å². The number of carbonyl (C=O) groups is 1. The predicted molar refractivity (Wildman–Crippen MR) is 86.5 cm³/mol. The van der Waals surface area contributed by atoms with Gasteiger partial charge in [-0.3, -0.25) is 14.9 Å². The van der Waals surface area contributed by atoms with E-state index in [-0.39, 0.29) is 11.4 Å². The van der Waals surface area contributed by atoms with Gasteiger partial charge in [0.15, 0.2) is 11.3 Å². The number of non-ortho nitro benzene ring substituents is 1. The zero-order valence-electron chi connectivity index (χ0n) is 11.9. The van der Waals surface area contributed by atoms with E-state index < -0.39 is 10.8 Å². The van der Waals surface area contributed by atoms with Crippen molar-refractivity contribution in [3.05, 3.63) is 62.5 Å². The van der Waals surface area contributed by atoms with Gasteiger partial charge in [-0.1, -0.05) is 0 Å². The first kappa shape index (κ1) is 15.1. The third-order valence-corrected chi connectivity index (χ3v) is 3.95. The Morgan fingerprint density at radius 2 is 2.22 bits per heavy atom. The first-order chi connectivity index (χ1) is 11.0. The van der Waals surface area contributed by atoms with Crippen LogP contribution in [0.4, 0.5) is 11.4 Å². The molecule has 3 aromatic rings. The second-order valence-electron chi connectivity index (χ2n) is 4.76. The average molecular weight is 376 g/mol. The number of hydrogen-bond acceptors (Lipinski definition) is 5. The number of nitro groups is 1. The maximum Gasteiger partial charge on any atom is 0.277 e. The quantitative estimate of drug-likeness (QED) is 0.559. The number of nitrogens with zero attached hydrogens (tertiary/aromatic N) is 4. The summed E-state index contributed by atoms with van der Waals surface area (Å²) in [5, 5.41) is 17.6. The van der Waals surface area contributed by atoms with E-state index in [1.54, 1.807) is 25.4 Å². The van der Waals surface area contributed by atoms with Gasteiger partial charge in [-0.25, -0.2) is 9.50 Å². The van der Waals surface area contributed by atoms with Crippen LogP contribution in [0.5, 0.6) is 0 Å². The molecule has 0 unspecified atom stereocenters. The molecular weight excluding hydrogens is 366 g/mol. The fraction of sp³-hybridized carbons (Fsp3) is 0.0714. The fourth-order valence-corrected chi connectivity index (χ4v) is 2.63. The van der Waals surface area contributed by atoms with E-state index in [0.29, 0.717) is 21.4 Å². The van der Waals surface area contributed by atoms with Gasteiger partial charge in [0, 0.05) is 30.2 Å². The molecule has 8 nitrogen and oxygen atoms in total. The van der Waals surface area contributed by atoms with Gasteiger partial charge in [-0.2, -0.15) is 5.10 Å². The highest BCUT2D eigenvalue weighted by atomic mass is 79.9. The van der Waals surface area contributed by atoms with E-state index in [1.807, 2.05) is 0 Å². The summed E-state index contributed by atoms with van der Waals surface area (Å²) in [6, 6.07) is 5.93. The molecule has 23 heavy (non-hydrogen) atoms. The van der Waals surface area contributed by atoms with Crippen molar-refractivity contribution in [3.8, 4) is 0 Å². The van der Waals surface area contributed by atoms with Crippen LogP contribution in [0.1, 0.15) is 16.1 Å². The van der Waals surface area contributed by atoms with Gasteiger partial charge in [-0.15, -0.1) is 0 Å². The minimum atomic E-state index is -0.483. The molecule has 0 spiro atoms. The first-order valence-corrected chi connectivity index (χ1v) is 7.32. The number of benzene rings is 1. The van der Waals surface area contributed by atoms with Crippen LogP contribution in [0.3, 0.4) is 0 Å². The van der Waals surface area contributed by atoms with Crippen molar-refractivity contribution in [2.75, 3.05) is 5.32 Å². The molecule has 1 N–H and O–H groups in total. The predicted octanol–water partition coefficient (Wildman–Crippen LogP) is 2.96.